The van der Waals surface area contributed by atoms with Gasteiger partial charge in [-0.2, -0.15) is 5.10 Å². The van der Waals surface area contributed by atoms with Gasteiger partial charge in [-0.05, 0) is 44.9 Å². The van der Waals surface area contributed by atoms with Gasteiger partial charge in [-0.25, -0.2) is 13.2 Å². The molecule has 0 spiro atoms. The lowest BCUT2D eigenvalue weighted by Gasteiger charge is -2.19. The molecule has 7 heteroatoms. The summed E-state index contributed by atoms with van der Waals surface area (Å²) >= 11 is 0. The van der Waals surface area contributed by atoms with Crippen LogP contribution in [0.15, 0.2) is 79.4 Å². The molecule has 0 radical (unpaired) electrons. The van der Waals surface area contributed by atoms with Crippen molar-refractivity contribution in [1.82, 2.24) is 9.78 Å². The first-order chi connectivity index (χ1) is 17.6. The van der Waals surface area contributed by atoms with E-state index in [-0.39, 0.29) is 23.5 Å². The number of esters is 1. The average Bonchev–Trinajstić information content (AvgIpc) is 3.38. The molecule has 2 aromatic carbocycles. The number of ether oxygens (including phenoxy) is 1. The minimum Gasteiger partial charge on any atom is -0.456 e. The van der Waals surface area contributed by atoms with Crippen LogP contribution in [-0.4, -0.2) is 41.3 Å². The Morgan fingerprint density at radius 2 is 1.92 bits per heavy atom. The number of sulfone groups is 1. The summed E-state index contributed by atoms with van der Waals surface area (Å²) < 4.78 is 32.2. The van der Waals surface area contributed by atoms with Gasteiger partial charge in [0.15, 0.2) is 9.84 Å². The second-order valence-corrected chi connectivity index (χ2v) is 12.6. The van der Waals surface area contributed by atoms with Crippen molar-refractivity contribution >= 4 is 15.8 Å². The molecule has 0 saturated carbocycles. The van der Waals surface area contributed by atoms with E-state index < -0.39 is 15.4 Å². The number of aromatic nitrogens is 2. The van der Waals surface area contributed by atoms with Gasteiger partial charge in [-0.3, -0.25) is 4.68 Å². The summed E-state index contributed by atoms with van der Waals surface area (Å²) in [7, 11) is -3.10. The summed E-state index contributed by atoms with van der Waals surface area (Å²) in [5, 5.41) is 4.98. The maximum Gasteiger partial charge on any atom is 0.338 e. The third-order valence-electron chi connectivity index (χ3n) is 6.22. The molecule has 0 aliphatic carbocycles. The minimum atomic E-state index is -3.10. The molecular weight excluding hydrogens is 484 g/mol. The molecule has 194 valence electrons. The van der Waals surface area contributed by atoms with Crippen LogP contribution in [0.5, 0.6) is 0 Å². The summed E-state index contributed by atoms with van der Waals surface area (Å²) in [6.07, 6.45) is 7.27. The lowest BCUT2D eigenvalue weighted by Crippen LogP contribution is -2.23. The molecule has 37 heavy (non-hydrogen) atoms. The van der Waals surface area contributed by atoms with Crippen LogP contribution in [0.25, 0.3) is 11.3 Å². The highest BCUT2D eigenvalue weighted by atomic mass is 32.2. The van der Waals surface area contributed by atoms with Crippen molar-refractivity contribution < 1.29 is 17.9 Å². The van der Waals surface area contributed by atoms with Crippen molar-refractivity contribution in [3.05, 3.63) is 102 Å². The normalized spacial score (nSPS) is 17.2. The molecule has 1 aromatic heterocycles. The Labute approximate surface area is 219 Å². The number of carbonyl (C=O) groups is 1. The third-order valence-corrected chi connectivity index (χ3v) is 7.97. The Kier molecular flexibility index (Phi) is 7.83. The number of carbonyl (C=O) groups excluding carboxylic acids is 1. The molecule has 0 amide bonds. The monoisotopic (exact) mass is 518 g/mol. The van der Waals surface area contributed by atoms with Crippen molar-refractivity contribution in [2.24, 2.45) is 0 Å². The number of allylic oxidation sites excluding steroid dienone is 3. The van der Waals surface area contributed by atoms with E-state index in [4.69, 9.17) is 9.84 Å². The van der Waals surface area contributed by atoms with Gasteiger partial charge in [-0.1, -0.05) is 67.3 Å². The summed E-state index contributed by atoms with van der Waals surface area (Å²) in [5.74, 6) is -0.104. The van der Waals surface area contributed by atoms with Crippen molar-refractivity contribution in [1.29, 1.82) is 0 Å². The van der Waals surface area contributed by atoms with Crippen molar-refractivity contribution in [3.8, 4) is 11.3 Å². The standard InChI is InChI=1S/C30H34N2O4S/c1-5-6-8-16-27-26(20-22-12-11-15-24(19-22)29(33)36-30(2,3)4)28(23-13-9-7-10-14-23)32(31-27)25-17-18-37(34,35)21-25/h5-15,19,25H,1,16-18,20-21H2,2-4H3/b8-6-. The van der Waals surface area contributed by atoms with Crippen LogP contribution in [0.2, 0.25) is 0 Å². The lowest BCUT2D eigenvalue weighted by molar-refractivity contribution is 0.00693. The fraction of sp³-hybridized carbons (Fsp3) is 0.333. The first kappa shape index (κ1) is 26.6. The fourth-order valence-electron chi connectivity index (χ4n) is 4.63. The zero-order valence-corrected chi connectivity index (χ0v) is 22.5. The van der Waals surface area contributed by atoms with Gasteiger partial charge in [0.2, 0.25) is 0 Å². The van der Waals surface area contributed by atoms with E-state index in [1.54, 1.807) is 12.1 Å². The molecule has 3 aromatic rings. The molecular formula is C30H34N2O4S. The van der Waals surface area contributed by atoms with E-state index in [2.05, 4.69) is 6.58 Å². The Morgan fingerprint density at radius 1 is 1.16 bits per heavy atom. The van der Waals surface area contributed by atoms with E-state index in [1.165, 1.54) is 0 Å². The summed E-state index contributed by atoms with van der Waals surface area (Å²) in [6, 6.07) is 17.2. The van der Waals surface area contributed by atoms with Crippen LogP contribution in [0.3, 0.4) is 0 Å². The fourth-order valence-corrected chi connectivity index (χ4v) is 6.32. The van der Waals surface area contributed by atoms with Gasteiger partial charge < -0.3 is 4.74 Å². The van der Waals surface area contributed by atoms with E-state index in [1.807, 2.05) is 86.1 Å². The van der Waals surface area contributed by atoms with Crippen molar-refractivity contribution in [3.63, 3.8) is 0 Å². The summed E-state index contributed by atoms with van der Waals surface area (Å²) in [4.78, 5) is 12.7. The van der Waals surface area contributed by atoms with E-state index >= 15 is 0 Å². The molecule has 0 N–H and O–H groups in total. The second-order valence-electron chi connectivity index (χ2n) is 10.4. The highest BCUT2D eigenvalue weighted by molar-refractivity contribution is 7.91. The number of rotatable bonds is 8. The van der Waals surface area contributed by atoms with Crippen molar-refractivity contribution in [2.75, 3.05) is 11.5 Å². The zero-order valence-electron chi connectivity index (χ0n) is 21.7. The molecule has 2 heterocycles. The van der Waals surface area contributed by atoms with E-state index in [9.17, 15) is 13.2 Å². The molecule has 6 nitrogen and oxygen atoms in total. The number of hydrogen-bond acceptors (Lipinski definition) is 5. The van der Waals surface area contributed by atoms with Gasteiger partial charge >= 0.3 is 5.97 Å². The third kappa shape index (κ3) is 6.66. The van der Waals surface area contributed by atoms with Gasteiger partial charge in [-0.15, -0.1) is 0 Å². The first-order valence-corrected chi connectivity index (χ1v) is 14.3. The molecule has 1 saturated heterocycles. The Hall–Kier alpha value is -3.45. The Morgan fingerprint density at radius 3 is 2.57 bits per heavy atom. The highest BCUT2D eigenvalue weighted by Crippen LogP contribution is 2.35. The SMILES string of the molecule is C=C/C=C\Cc1nn(C2CCS(=O)(=O)C2)c(-c2ccccc2)c1Cc1cccc(C(=O)OC(C)(C)C)c1. The van der Waals surface area contributed by atoms with Crippen LogP contribution in [0, 0.1) is 0 Å². The molecule has 4 rings (SSSR count). The topological polar surface area (TPSA) is 78.3 Å². The smallest absolute Gasteiger partial charge is 0.338 e. The Balaban J connectivity index is 1.81. The lowest BCUT2D eigenvalue weighted by atomic mass is 9.96. The van der Waals surface area contributed by atoms with Crippen LogP contribution >= 0.6 is 0 Å². The average molecular weight is 519 g/mol. The Bertz CT molecular complexity index is 1410. The van der Waals surface area contributed by atoms with Gasteiger partial charge in [0.05, 0.1) is 34.5 Å². The second kappa shape index (κ2) is 10.9. The van der Waals surface area contributed by atoms with Gasteiger partial charge in [0.25, 0.3) is 0 Å². The zero-order chi connectivity index (χ0) is 26.6. The quantitative estimate of drug-likeness (QED) is 0.281. The summed E-state index contributed by atoms with van der Waals surface area (Å²) in [6.45, 7) is 9.31. The number of benzene rings is 2. The molecule has 1 aliphatic heterocycles. The van der Waals surface area contributed by atoms with Crippen molar-refractivity contribution in [2.45, 2.75) is 51.7 Å². The predicted molar refractivity (Wildman–Crippen MR) is 147 cm³/mol. The molecule has 0 bridgehead atoms. The minimum absolute atomic E-state index is 0.0873. The van der Waals surface area contributed by atoms with E-state index in [0.29, 0.717) is 24.8 Å². The highest BCUT2D eigenvalue weighted by Gasteiger charge is 2.33. The number of hydrogen-bond donors (Lipinski definition) is 0. The molecule has 1 atom stereocenters. The van der Waals surface area contributed by atoms with E-state index in [0.717, 1.165) is 28.1 Å². The predicted octanol–water partition coefficient (Wildman–Crippen LogP) is 5.74. The first-order valence-electron chi connectivity index (χ1n) is 12.5. The number of nitrogens with zero attached hydrogens (tertiary/aromatic N) is 2. The van der Waals surface area contributed by atoms with Gasteiger partial charge in [0, 0.05) is 24.0 Å². The molecule has 1 unspecified atom stereocenters. The van der Waals surface area contributed by atoms with Crippen LogP contribution in [0.4, 0.5) is 0 Å². The maximum absolute atomic E-state index is 12.7. The summed E-state index contributed by atoms with van der Waals surface area (Å²) in [5.41, 5.74) is 4.67. The van der Waals surface area contributed by atoms with Crippen LogP contribution in [0.1, 0.15) is 60.4 Å². The largest absolute Gasteiger partial charge is 0.456 e. The molecule has 1 aliphatic rings. The maximum atomic E-state index is 12.7. The van der Waals surface area contributed by atoms with Crippen LogP contribution in [-0.2, 0) is 27.4 Å². The molecule has 1 fully saturated rings. The van der Waals surface area contributed by atoms with Crippen LogP contribution < -0.4 is 0 Å². The van der Waals surface area contributed by atoms with Gasteiger partial charge in [0.1, 0.15) is 5.60 Å².